The Labute approximate surface area is 173 Å². The highest BCUT2D eigenvalue weighted by molar-refractivity contribution is 7.78. The Bertz CT molecular complexity index is 862. The summed E-state index contributed by atoms with van der Waals surface area (Å²) in [7, 11) is 0. The maximum Gasteiger partial charge on any atom is 0.0426 e. The summed E-state index contributed by atoms with van der Waals surface area (Å²) in [5.74, 6) is 0. The molecule has 2 nitrogen and oxygen atoms in total. The van der Waals surface area contributed by atoms with Crippen molar-refractivity contribution in [1.29, 1.82) is 0 Å². The van der Waals surface area contributed by atoms with E-state index in [1.54, 1.807) is 4.88 Å². The molecule has 2 aromatic rings. The van der Waals surface area contributed by atoms with Gasteiger partial charge in [0.2, 0.25) is 0 Å². The lowest BCUT2D eigenvalue weighted by atomic mass is 9.75. The number of hydrogen-bond acceptors (Lipinski definition) is 4. The molecule has 0 spiro atoms. The summed E-state index contributed by atoms with van der Waals surface area (Å²) in [6.07, 6.45) is 5.44. The second kappa shape index (κ2) is 8.26. The average Bonchev–Trinajstić information content (AvgIpc) is 2.97. The predicted molar refractivity (Wildman–Crippen MR) is 125 cm³/mol. The minimum absolute atomic E-state index is 0.365. The Hall–Kier alpha value is -1.49. The molecule has 3 rings (SSSR count). The van der Waals surface area contributed by atoms with Crippen molar-refractivity contribution in [1.82, 2.24) is 4.72 Å². The van der Waals surface area contributed by atoms with Crippen molar-refractivity contribution in [3.63, 3.8) is 0 Å². The smallest absolute Gasteiger partial charge is 0.0426 e. The van der Waals surface area contributed by atoms with E-state index in [1.165, 1.54) is 45.5 Å². The summed E-state index contributed by atoms with van der Waals surface area (Å²) < 4.78 is 3.03. The van der Waals surface area contributed by atoms with Crippen LogP contribution >= 0.6 is 24.2 Å². The number of thiophene rings is 1. The third kappa shape index (κ3) is 4.34. The number of rotatable bonds is 7. The van der Waals surface area contributed by atoms with Crippen LogP contribution in [0.15, 0.2) is 37.4 Å². The lowest BCUT2D eigenvalue weighted by Gasteiger charge is -2.30. The van der Waals surface area contributed by atoms with Crippen molar-refractivity contribution < 1.29 is 0 Å². The molecule has 1 heterocycles. The molecule has 0 saturated carbocycles. The van der Waals surface area contributed by atoms with Gasteiger partial charge < -0.3 is 5.32 Å². The van der Waals surface area contributed by atoms with E-state index in [9.17, 15) is 0 Å². The highest BCUT2D eigenvalue weighted by atomic mass is 32.1. The van der Waals surface area contributed by atoms with Crippen LogP contribution in [0.4, 0.5) is 5.69 Å². The van der Waals surface area contributed by atoms with Gasteiger partial charge in [0.15, 0.2) is 0 Å². The first-order valence-corrected chi connectivity index (χ1v) is 10.8. The zero-order valence-electron chi connectivity index (χ0n) is 16.6. The SMILES string of the molecule is C=CCNc1ccc(-c2sc3c(c2C(=C)C)CC(C)(C)CC3)c(CNS)c1. The summed E-state index contributed by atoms with van der Waals surface area (Å²) in [5.41, 5.74) is 8.07. The van der Waals surface area contributed by atoms with E-state index >= 15 is 0 Å². The maximum atomic E-state index is 4.33. The summed E-state index contributed by atoms with van der Waals surface area (Å²) in [6, 6.07) is 6.61. The predicted octanol–water partition coefficient (Wildman–Crippen LogP) is 6.50. The van der Waals surface area contributed by atoms with Gasteiger partial charge in [-0.1, -0.05) is 45.4 Å². The van der Waals surface area contributed by atoms with Crippen molar-refractivity contribution in [2.24, 2.45) is 5.41 Å². The van der Waals surface area contributed by atoms with Crippen LogP contribution in [0, 0.1) is 5.41 Å². The standard InChI is InChI=1S/C23H30N2S2/c1-6-11-24-17-7-8-18(16(12-17)14-25-26)22-21(15(2)3)19-13-23(4,5)10-9-20(19)27-22/h6-8,12,24-26H,1-2,9-11,13-14H2,3-5H3. The van der Waals surface area contributed by atoms with E-state index in [0.29, 0.717) is 12.0 Å². The van der Waals surface area contributed by atoms with Crippen LogP contribution in [0.5, 0.6) is 0 Å². The first-order chi connectivity index (χ1) is 12.9. The van der Waals surface area contributed by atoms with Gasteiger partial charge in [0, 0.05) is 28.5 Å². The van der Waals surface area contributed by atoms with Crippen LogP contribution in [0.3, 0.4) is 0 Å². The molecule has 0 bridgehead atoms. The summed E-state index contributed by atoms with van der Waals surface area (Å²) in [5, 5.41) is 3.38. The Kier molecular flexibility index (Phi) is 6.19. The molecular formula is C23H30N2S2. The molecule has 1 aromatic heterocycles. The van der Waals surface area contributed by atoms with Crippen LogP contribution in [0.25, 0.3) is 16.0 Å². The number of aryl methyl sites for hydroxylation is 1. The number of allylic oxidation sites excluding steroid dienone is 1. The lowest BCUT2D eigenvalue weighted by molar-refractivity contribution is 0.317. The number of nitrogens with one attached hydrogen (secondary N) is 2. The van der Waals surface area contributed by atoms with Gasteiger partial charge in [-0.3, -0.25) is 4.72 Å². The number of thiol groups is 1. The van der Waals surface area contributed by atoms with Crippen molar-refractivity contribution in [3.05, 3.63) is 59.0 Å². The Morgan fingerprint density at radius 2 is 2.15 bits per heavy atom. The molecule has 1 aliphatic carbocycles. The molecule has 4 heteroatoms. The van der Waals surface area contributed by atoms with Crippen LogP contribution in [0.1, 0.15) is 48.8 Å². The number of hydrogen-bond donors (Lipinski definition) is 3. The largest absolute Gasteiger partial charge is 0.382 e. The van der Waals surface area contributed by atoms with Gasteiger partial charge in [0.1, 0.15) is 0 Å². The monoisotopic (exact) mass is 398 g/mol. The molecule has 144 valence electrons. The van der Waals surface area contributed by atoms with Crippen LogP contribution in [-0.2, 0) is 19.4 Å². The Morgan fingerprint density at radius 3 is 2.81 bits per heavy atom. The fraction of sp³-hybridized carbons (Fsp3) is 0.391. The van der Waals surface area contributed by atoms with Crippen LogP contribution in [-0.4, -0.2) is 6.54 Å². The third-order valence-corrected chi connectivity index (χ3v) is 6.75. The topological polar surface area (TPSA) is 24.1 Å². The second-order valence-corrected chi connectivity index (χ2v) is 9.63. The van der Waals surface area contributed by atoms with E-state index in [0.717, 1.165) is 18.7 Å². The number of anilines is 1. The molecule has 2 N–H and O–H groups in total. The summed E-state index contributed by atoms with van der Waals surface area (Å²) >= 11 is 6.21. The van der Waals surface area contributed by atoms with Gasteiger partial charge in [0.25, 0.3) is 0 Å². The average molecular weight is 399 g/mol. The van der Waals surface area contributed by atoms with E-state index < -0.39 is 0 Å². The lowest BCUT2D eigenvalue weighted by Crippen LogP contribution is -2.21. The molecule has 0 fully saturated rings. The maximum absolute atomic E-state index is 4.33. The van der Waals surface area contributed by atoms with Gasteiger partial charge >= 0.3 is 0 Å². The van der Waals surface area contributed by atoms with Gasteiger partial charge in [0.05, 0.1) is 0 Å². The first kappa shape index (κ1) is 20.2. The molecule has 27 heavy (non-hydrogen) atoms. The van der Waals surface area contributed by atoms with E-state index in [-0.39, 0.29) is 0 Å². The van der Waals surface area contributed by atoms with E-state index in [4.69, 9.17) is 0 Å². The van der Waals surface area contributed by atoms with Gasteiger partial charge in [-0.25, -0.2) is 0 Å². The third-order valence-electron chi connectivity index (χ3n) is 5.27. The molecule has 0 atom stereocenters. The normalized spacial score (nSPS) is 15.3. The van der Waals surface area contributed by atoms with Crippen molar-refractivity contribution in [3.8, 4) is 10.4 Å². The molecule has 0 unspecified atom stereocenters. The molecule has 0 radical (unpaired) electrons. The van der Waals surface area contributed by atoms with Crippen LogP contribution in [0.2, 0.25) is 0 Å². The zero-order chi connectivity index (χ0) is 19.6. The highest BCUT2D eigenvalue weighted by Crippen LogP contribution is 2.48. The zero-order valence-corrected chi connectivity index (χ0v) is 18.3. The quantitative estimate of drug-likeness (QED) is 0.366. The molecule has 1 aliphatic rings. The van der Waals surface area contributed by atoms with E-state index in [2.05, 4.69) is 75.0 Å². The number of fused-ring (bicyclic) bond motifs is 1. The summed E-state index contributed by atoms with van der Waals surface area (Å²) in [4.78, 5) is 2.90. The fourth-order valence-electron chi connectivity index (χ4n) is 3.91. The van der Waals surface area contributed by atoms with Crippen molar-refractivity contribution >= 4 is 35.4 Å². The molecule has 1 aromatic carbocycles. The van der Waals surface area contributed by atoms with Gasteiger partial charge in [-0.2, -0.15) is 0 Å². The highest BCUT2D eigenvalue weighted by Gasteiger charge is 2.31. The Morgan fingerprint density at radius 1 is 1.37 bits per heavy atom. The van der Waals surface area contributed by atoms with Gasteiger partial charge in [-0.05, 0) is 71.6 Å². The van der Waals surface area contributed by atoms with E-state index in [1.807, 2.05) is 17.4 Å². The summed E-state index contributed by atoms with van der Waals surface area (Å²) in [6.45, 7) is 16.5. The molecular weight excluding hydrogens is 368 g/mol. The molecule has 0 aliphatic heterocycles. The van der Waals surface area contributed by atoms with Crippen molar-refractivity contribution in [2.75, 3.05) is 11.9 Å². The first-order valence-electron chi connectivity index (χ1n) is 9.51. The van der Waals surface area contributed by atoms with Crippen LogP contribution < -0.4 is 10.0 Å². The van der Waals surface area contributed by atoms with Gasteiger partial charge in [-0.15, -0.1) is 17.9 Å². The second-order valence-electron chi connectivity index (χ2n) is 8.21. The minimum atomic E-state index is 0.365. The molecule has 0 saturated heterocycles. The van der Waals surface area contributed by atoms with Crippen molar-refractivity contribution in [2.45, 2.75) is 46.6 Å². The fourth-order valence-corrected chi connectivity index (χ4v) is 5.53. The molecule has 0 amide bonds. The number of benzene rings is 1. The minimum Gasteiger partial charge on any atom is -0.382 e. The Balaban J connectivity index is 2.12.